The molecule has 4 aliphatic rings. The lowest BCUT2D eigenvalue weighted by molar-refractivity contribution is -0.0544. The molecule has 0 aromatic carbocycles. The zero-order chi connectivity index (χ0) is 14.3. The molecule has 0 aliphatic heterocycles. The smallest absolute Gasteiger partial charge is 0.112 e. The largest absolute Gasteiger partial charge is 0.390 e. The molecule has 0 amide bonds. The van der Waals surface area contributed by atoms with E-state index in [0.29, 0.717) is 23.2 Å². The van der Waals surface area contributed by atoms with Crippen LogP contribution in [0.25, 0.3) is 0 Å². The summed E-state index contributed by atoms with van der Waals surface area (Å²) >= 11 is 0. The van der Waals surface area contributed by atoms with Crippen molar-refractivity contribution in [2.75, 3.05) is 0 Å². The number of allylic oxidation sites excluding steroid dienone is 1. The van der Waals surface area contributed by atoms with Gasteiger partial charge in [0.25, 0.3) is 0 Å². The molecule has 0 aromatic rings. The topological polar surface area (TPSA) is 40.5 Å². The van der Waals surface area contributed by atoms with Gasteiger partial charge in [-0.1, -0.05) is 26.8 Å². The van der Waals surface area contributed by atoms with Gasteiger partial charge in [-0.05, 0) is 72.7 Å². The molecule has 7 atom stereocenters. The van der Waals surface area contributed by atoms with Crippen LogP contribution in [0.5, 0.6) is 0 Å². The Morgan fingerprint density at radius 2 is 1.90 bits per heavy atom. The van der Waals surface area contributed by atoms with Crippen molar-refractivity contribution in [2.24, 2.45) is 35.0 Å². The first-order valence-corrected chi connectivity index (χ1v) is 8.48. The first-order valence-electron chi connectivity index (χ1n) is 8.48. The van der Waals surface area contributed by atoms with E-state index < -0.39 is 11.7 Å². The summed E-state index contributed by atoms with van der Waals surface area (Å²) in [7, 11) is 0. The maximum Gasteiger partial charge on any atom is 0.112 e. The summed E-state index contributed by atoms with van der Waals surface area (Å²) < 4.78 is 0. The molecule has 0 radical (unpaired) electrons. The van der Waals surface area contributed by atoms with E-state index >= 15 is 0 Å². The lowest BCUT2D eigenvalue weighted by Gasteiger charge is -2.36. The van der Waals surface area contributed by atoms with Crippen molar-refractivity contribution in [3.63, 3.8) is 0 Å². The Morgan fingerprint density at radius 1 is 1.15 bits per heavy atom. The quantitative estimate of drug-likeness (QED) is 0.667. The van der Waals surface area contributed by atoms with Crippen molar-refractivity contribution in [1.29, 1.82) is 0 Å². The molecule has 0 heterocycles. The van der Waals surface area contributed by atoms with E-state index in [0.717, 1.165) is 31.1 Å². The highest BCUT2D eigenvalue weighted by Gasteiger charge is 2.65. The summed E-state index contributed by atoms with van der Waals surface area (Å²) in [5.41, 5.74) is 0.795. The van der Waals surface area contributed by atoms with E-state index in [2.05, 4.69) is 26.8 Å². The van der Waals surface area contributed by atoms with Crippen LogP contribution in [0, 0.1) is 35.0 Å². The summed E-state index contributed by atoms with van der Waals surface area (Å²) in [6.07, 6.45) is 6.89. The standard InChI is InChI=1S/C18H28O2/c1-10-8-14-11-4-6-13-16(17(13,2)3)12(11)5-7-15(19)18(14,20)9-10/h8,10-13,15-16,19-20H,4-7,9H2,1-3H3. The van der Waals surface area contributed by atoms with Gasteiger partial charge in [-0.25, -0.2) is 0 Å². The normalized spacial score (nSPS) is 56.1. The molecule has 0 bridgehead atoms. The molecule has 112 valence electrons. The lowest BCUT2D eigenvalue weighted by atomic mass is 9.72. The summed E-state index contributed by atoms with van der Waals surface area (Å²) in [6, 6.07) is 0. The number of rotatable bonds is 0. The first-order chi connectivity index (χ1) is 9.35. The van der Waals surface area contributed by atoms with Gasteiger partial charge in [0.15, 0.2) is 0 Å². The van der Waals surface area contributed by atoms with Crippen LogP contribution in [-0.4, -0.2) is 21.9 Å². The molecule has 0 aromatic heterocycles. The van der Waals surface area contributed by atoms with Crippen molar-refractivity contribution in [1.82, 2.24) is 0 Å². The van der Waals surface area contributed by atoms with Crippen LogP contribution < -0.4 is 0 Å². The maximum absolute atomic E-state index is 11.1. The van der Waals surface area contributed by atoms with E-state index in [1.807, 2.05) is 0 Å². The van der Waals surface area contributed by atoms with Gasteiger partial charge in [0.2, 0.25) is 0 Å². The molecule has 3 saturated carbocycles. The molecule has 7 unspecified atom stereocenters. The second kappa shape index (κ2) is 3.89. The Kier molecular flexibility index (Phi) is 2.60. The summed E-state index contributed by atoms with van der Waals surface area (Å²) in [4.78, 5) is 0. The summed E-state index contributed by atoms with van der Waals surface area (Å²) in [5, 5.41) is 21.6. The second-order valence-corrected chi connectivity index (χ2v) is 8.62. The summed E-state index contributed by atoms with van der Waals surface area (Å²) in [6.45, 7) is 7.02. The van der Waals surface area contributed by atoms with Gasteiger partial charge in [0.05, 0.1) is 6.10 Å². The molecular weight excluding hydrogens is 248 g/mol. The van der Waals surface area contributed by atoms with E-state index in [1.54, 1.807) is 0 Å². The molecule has 20 heavy (non-hydrogen) atoms. The number of hydrogen-bond acceptors (Lipinski definition) is 2. The highest BCUT2D eigenvalue weighted by atomic mass is 16.3. The average Bonchev–Trinajstić information content (AvgIpc) is 2.82. The second-order valence-electron chi connectivity index (χ2n) is 8.62. The van der Waals surface area contributed by atoms with Crippen LogP contribution in [0.4, 0.5) is 0 Å². The predicted molar refractivity (Wildman–Crippen MR) is 79.0 cm³/mol. The number of fused-ring (bicyclic) bond motifs is 5. The highest BCUT2D eigenvalue weighted by Crippen LogP contribution is 2.71. The van der Waals surface area contributed by atoms with E-state index in [-0.39, 0.29) is 0 Å². The van der Waals surface area contributed by atoms with Gasteiger partial charge >= 0.3 is 0 Å². The van der Waals surface area contributed by atoms with Crippen molar-refractivity contribution < 1.29 is 10.2 Å². The Labute approximate surface area is 122 Å². The van der Waals surface area contributed by atoms with Crippen LogP contribution in [0.3, 0.4) is 0 Å². The third kappa shape index (κ3) is 1.53. The highest BCUT2D eigenvalue weighted by molar-refractivity contribution is 5.33. The minimum Gasteiger partial charge on any atom is -0.390 e. The molecular formula is C18H28O2. The van der Waals surface area contributed by atoms with Crippen LogP contribution in [0.15, 0.2) is 11.6 Å². The number of hydrogen-bond donors (Lipinski definition) is 2. The van der Waals surface area contributed by atoms with Crippen LogP contribution in [0.1, 0.15) is 52.9 Å². The Balaban J connectivity index is 1.73. The zero-order valence-electron chi connectivity index (χ0n) is 13.0. The maximum atomic E-state index is 11.1. The van der Waals surface area contributed by atoms with Gasteiger partial charge in [-0.3, -0.25) is 0 Å². The molecule has 4 rings (SSSR count). The van der Waals surface area contributed by atoms with Crippen molar-refractivity contribution in [3.05, 3.63) is 11.6 Å². The van der Waals surface area contributed by atoms with Gasteiger partial charge < -0.3 is 10.2 Å². The van der Waals surface area contributed by atoms with Crippen molar-refractivity contribution in [2.45, 2.75) is 64.6 Å². The van der Waals surface area contributed by atoms with Crippen LogP contribution >= 0.6 is 0 Å². The zero-order valence-corrected chi connectivity index (χ0v) is 13.0. The fourth-order valence-electron chi connectivity index (χ4n) is 6.26. The Morgan fingerprint density at radius 3 is 2.65 bits per heavy atom. The van der Waals surface area contributed by atoms with Crippen LogP contribution in [-0.2, 0) is 0 Å². The predicted octanol–water partition coefficient (Wildman–Crippen LogP) is 3.14. The van der Waals surface area contributed by atoms with Gasteiger partial charge in [0, 0.05) is 0 Å². The van der Waals surface area contributed by atoms with Crippen molar-refractivity contribution in [3.8, 4) is 0 Å². The SMILES string of the molecule is CC1C=C2C3CCC4C(C3CCC(O)C2(O)C1)C4(C)C. The molecule has 2 N–H and O–H groups in total. The molecule has 2 heteroatoms. The molecule has 0 saturated heterocycles. The van der Waals surface area contributed by atoms with E-state index in [9.17, 15) is 10.2 Å². The fourth-order valence-corrected chi connectivity index (χ4v) is 6.26. The Hall–Kier alpha value is -0.340. The van der Waals surface area contributed by atoms with Gasteiger partial charge in [-0.2, -0.15) is 0 Å². The monoisotopic (exact) mass is 276 g/mol. The van der Waals surface area contributed by atoms with Gasteiger partial charge in [0.1, 0.15) is 5.60 Å². The van der Waals surface area contributed by atoms with E-state index in [1.165, 1.54) is 18.4 Å². The molecule has 4 aliphatic carbocycles. The summed E-state index contributed by atoms with van der Waals surface area (Å²) in [5.74, 6) is 3.36. The molecule has 2 nitrogen and oxygen atoms in total. The third-order valence-electron chi connectivity index (χ3n) is 7.23. The minimum absolute atomic E-state index is 0.410. The number of aliphatic hydroxyl groups excluding tert-OH is 1. The average molecular weight is 276 g/mol. The van der Waals surface area contributed by atoms with E-state index in [4.69, 9.17) is 0 Å². The van der Waals surface area contributed by atoms with Crippen LogP contribution in [0.2, 0.25) is 0 Å². The number of aliphatic hydroxyl groups is 2. The molecule has 3 fully saturated rings. The first kappa shape index (κ1) is 13.3. The minimum atomic E-state index is -0.912. The van der Waals surface area contributed by atoms with Gasteiger partial charge in [-0.15, -0.1) is 0 Å². The Bertz CT molecular complexity index is 466. The fraction of sp³-hybridized carbons (Fsp3) is 0.889. The molecule has 0 spiro atoms. The van der Waals surface area contributed by atoms with Crippen molar-refractivity contribution >= 4 is 0 Å². The third-order valence-corrected chi connectivity index (χ3v) is 7.23. The lowest BCUT2D eigenvalue weighted by Crippen LogP contribution is -2.43.